The number of aromatic nitrogens is 3. The second-order valence-corrected chi connectivity index (χ2v) is 9.56. The summed E-state index contributed by atoms with van der Waals surface area (Å²) in [6.45, 7) is 2.21. The molecule has 0 aromatic carbocycles. The number of nitrogens with one attached hydrogen (secondary N) is 1. The Morgan fingerprint density at radius 2 is 1.96 bits per heavy atom. The van der Waals surface area contributed by atoms with Gasteiger partial charge in [-0.15, -0.1) is 0 Å². The lowest BCUT2D eigenvalue weighted by Gasteiger charge is -2.59. The van der Waals surface area contributed by atoms with Crippen molar-refractivity contribution in [3.05, 3.63) is 28.6 Å². The molecule has 2 aromatic heterocycles. The Labute approximate surface area is 162 Å². The molecule has 26 heavy (non-hydrogen) atoms. The molecule has 2 aromatic rings. The molecule has 4 aliphatic rings. The number of nitrogens with zero attached hydrogens (tertiary/aromatic N) is 3. The molecule has 4 fully saturated rings. The highest BCUT2D eigenvalue weighted by Gasteiger charge is 2.54. The molecule has 1 N–H and O–H groups in total. The number of halogens is 1. The van der Waals surface area contributed by atoms with Gasteiger partial charge >= 0.3 is 0 Å². The highest BCUT2D eigenvalue weighted by molar-refractivity contribution is 9.10. The van der Waals surface area contributed by atoms with Gasteiger partial charge in [-0.1, -0.05) is 6.92 Å². The summed E-state index contributed by atoms with van der Waals surface area (Å²) in [5.74, 6) is 2.58. The van der Waals surface area contributed by atoms with E-state index in [1.54, 1.807) is 10.7 Å². The molecule has 4 bridgehead atoms. The second-order valence-electron chi connectivity index (χ2n) is 8.76. The first-order valence-corrected chi connectivity index (χ1v) is 10.7. The summed E-state index contributed by atoms with van der Waals surface area (Å²) >= 11 is 3.52. The third-order valence-electron chi connectivity index (χ3n) is 7.09. The zero-order valence-corrected chi connectivity index (χ0v) is 16.7. The number of amides is 1. The Morgan fingerprint density at radius 3 is 2.54 bits per heavy atom. The fraction of sp³-hybridized carbons (Fsp3) is 0.650. The number of hydrogen-bond acceptors (Lipinski definition) is 3. The van der Waals surface area contributed by atoms with Crippen LogP contribution in [0.3, 0.4) is 0 Å². The summed E-state index contributed by atoms with van der Waals surface area (Å²) in [5, 5.41) is 7.81. The Balaban J connectivity index is 1.42. The minimum Gasteiger partial charge on any atom is -0.347 e. The van der Waals surface area contributed by atoms with Gasteiger partial charge in [0.2, 0.25) is 0 Å². The van der Waals surface area contributed by atoms with E-state index < -0.39 is 0 Å². The summed E-state index contributed by atoms with van der Waals surface area (Å²) < 4.78 is 2.33. The average Bonchev–Trinajstić information content (AvgIpc) is 2.95. The van der Waals surface area contributed by atoms with Crippen LogP contribution in [0.15, 0.2) is 22.9 Å². The average molecular weight is 417 g/mol. The maximum atomic E-state index is 13.1. The van der Waals surface area contributed by atoms with Crippen LogP contribution >= 0.6 is 15.9 Å². The van der Waals surface area contributed by atoms with Gasteiger partial charge in [0.15, 0.2) is 11.3 Å². The fourth-order valence-electron chi connectivity index (χ4n) is 6.52. The second kappa shape index (κ2) is 6.04. The van der Waals surface area contributed by atoms with Crippen LogP contribution in [-0.4, -0.2) is 26.5 Å². The van der Waals surface area contributed by atoms with E-state index in [9.17, 15) is 4.79 Å². The van der Waals surface area contributed by atoms with Crippen molar-refractivity contribution < 1.29 is 4.79 Å². The van der Waals surface area contributed by atoms with Gasteiger partial charge in [-0.05, 0) is 90.1 Å². The summed E-state index contributed by atoms with van der Waals surface area (Å²) in [6, 6.07) is 2.06. The van der Waals surface area contributed by atoms with Crippen molar-refractivity contribution in [1.29, 1.82) is 0 Å². The summed E-state index contributed by atoms with van der Waals surface area (Å²) in [6.07, 6.45) is 12.7. The van der Waals surface area contributed by atoms with Gasteiger partial charge in [0.25, 0.3) is 5.91 Å². The van der Waals surface area contributed by atoms with Gasteiger partial charge in [-0.2, -0.15) is 5.10 Å². The number of carbonyl (C=O) groups excluding carboxylic acids is 1. The molecule has 2 heterocycles. The molecule has 6 rings (SSSR count). The van der Waals surface area contributed by atoms with E-state index >= 15 is 0 Å². The molecule has 5 nitrogen and oxygen atoms in total. The van der Waals surface area contributed by atoms with E-state index in [0.717, 1.165) is 24.2 Å². The number of hydrogen-bond donors (Lipinski definition) is 1. The topological polar surface area (TPSA) is 59.3 Å². The minimum atomic E-state index is -0.0787. The van der Waals surface area contributed by atoms with Crippen LogP contribution in [0.25, 0.3) is 5.65 Å². The van der Waals surface area contributed by atoms with Crippen LogP contribution in [0.4, 0.5) is 0 Å². The van der Waals surface area contributed by atoms with Crippen molar-refractivity contribution in [2.45, 2.75) is 57.9 Å². The zero-order chi connectivity index (χ0) is 17.9. The van der Waals surface area contributed by atoms with Crippen LogP contribution in [0.2, 0.25) is 0 Å². The van der Waals surface area contributed by atoms with Crippen molar-refractivity contribution in [3.63, 3.8) is 0 Å². The Hall–Kier alpha value is -1.43. The maximum absolute atomic E-state index is 13.1. The van der Waals surface area contributed by atoms with E-state index in [2.05, 4.69) is 38.3 Å². The van der Waals surface area contributed by atoms with E-state index in [4.69, 9.17) is 0 Å². The molecule has 6 heteroatoms. The Bertz CT molecular complexity index is 825. The third-order valence-corrected chi connectivity index (χ3v) is 7.82. The van der Waals surface area contributed by atoms with Crippen molar-refractivity contribution in [3.8, 4) is 0 Å². The highest BCUT2D eigenvalue weighted by atomic mass is 79.9. The fourth-order valence-corrected chi connectivity index (χ4v) is 7.07. The largest absolute Gasteiger partial charge is 0.347 e. The predicted molar refractivity (Wildman–Crippen MR) is 103 cm³/mol. The summed E-state index contributed by atoms with van der Waals surface area (Å²) in [5.41, 5.74) is 1.43. The van der Waals surface area contributed by atoms with Gasteiger partial charge in [0.05, 0.1) is 4.47 Å². The van der Waals surface area contributed by atoms with Gasteiger partial charge < -0.3 is 5.32 Å². The standard InChI is InChI=1S/C20H25BrN4O/c1-2-15(20-9-12-6-13(10-20)8-14(7-12)11-20)23-19(26)17-16(21)18-22-4-3-5-25(18)24-17/h3-5,12-15H,2,6-11H2,1H3,(H,23,26). The van der Waals surface area contributed by atoms with Gasteiger partial charge in [0, 0.05) is 18.4 Å². The lowest BCUT2D eigenvalue weighted by atomic mass is 9.47. The smallest absolute Gasteiger partial charge is 0.273 e. The highest BCUT2D eigenvalue weighted by Crippen LogP contribution is 2.61. The molecule has 0 radical (unpaired) electrons. The number of fused-ring (bicyclic) bond motifs is 1. The van der Waals surface area contributed by atoms with Gasteiger partial charge in [-0.25, -0.2) is 9.50 Å². The van der Waals surface area contributed by atoms with E-state index in [-0.39, 0.29) is 11.9 Å². The lowest BCUT2D eigenvalue weighted by molar-refractivity contribution is -0.0727. The summed E-state index contributed by atoms with van der Waals surface area (Å²) in [4.78, 5) is 17.4. The number of rotatable bonds is 4. The van der Waals surface area contributed by atoms with Gasteiger partial charge in [-0.3, -0.25) is 4.79 Å². The molecule has 1 amide bonds. The van der Waals surface area contributed by atoms with E-state index in [0.29, 0.717) is 21.2 Å². The molecular formula is C20H25BrN4O. The van der Waals surface area contributed by atoms with Crippen LogP contribution < -0.4 is 5.32 Å². The minimum absolute atomic E-state index is 0.0787. The molecule has 0 aliphatic heterocycles. The Morgan fingerprint density at radius 1 is 1.31 bits per heavy atom. The van der Waals surface area contributed by atoms with Crippen LogP contribution in [-0.2, 0) is 0 Å². The molecular weight excluding hydrogens is 392 g/mol. The number of carbonyl (C=O) groups is 1. The van der Waals surface area contributed by atoms with Crippen molar-refractivity contribution >= 4 is 27.5 Å². The molecule has 1 atom stereocenters. The van der Waals surface area contributed by atoms with Crippen molar-refractivity contribution in [2.24, 2.45) is 23.2 Å². The maximum Gasteiger partial charge on any atom is 0.273 e. The predicted octanol–water partition coefficient (Wildman–Crippen LogP) is 4.22. The van der Waals surface area contributed by atoms with Crippen LogP contribution in [0.1, 0.15) is 62.4 Å². The molecule has 0 saturated heterocycles. The first-order valence-electron chi connectivity index (χ1n) is 9.87. The van der Waals surface area contributed by atoms with Crippen molar-refractivity contribution in [1.82, 2.24) is 19.9 Å². The van der Waals surface area contributed by atoms with Crippen LogP contribution in [0, 0.1) is 23.2 Å². The first kappa shape index (κ1) is 16.7. The molecule has 4 aliphatic carbocycles. The monoisotopic (exact) mass is 416 g/mol. The Kier molecular flexibility index (Phi) is 3.89. The summed E-state index contributed by atoms with van der Waals surface area (Å²) in [7, 11) is 0. The molecule has 0 spiro atoms. The lowest BCUT2D eigenvalue weighted by Crippen LogP contribution is -2.56. The SMILES string of the molecule is CCC(NC(=O)c1nn2cccnc2c1Br)C12CC3CC(CC(C3)C1)C2. The molecule has 4 saturated carbocycles. The van der Waals surface area contributed by atoms with Crippen LogP contribution in [0.5, 0.6) is 0 Å². The van der Waals surface area contributed by atoms with Gasteiger partial charge in [0.1, 0.15) is 0 Å². The third kappa shape index (κ3) is 2.52. The van der Waals surface area contributed by atoms with E-state index in [1.165, 1.54) is 38.5 Å². The van der Waals surface area contributed by atoms with E-state index in [1.807, 2.05) is 12.3 Å². The zero-order valence-electron chi connectivity index (χ0n) is 15.1. The van der Waals surface area contributed by atoms with Crippen molar-refractivity contribution in [2.75, 3.05) is 0 Å². The molecule has 138 valence electrons. The first-order chi connectivity index (χ1) is 12.6. The normalized spacial score (nSPS) is 33.5. The quantitative estimate of drug-likeness (QED) is 0.811. The molecule has 1 unspecified atom stereocenters.